The largest absolute Gasteiger partial charge is 0.497 e. The molecule has 4 aliphatic carbocycles. The first kappa shape index (κ1) is 27.7. The number of carbonyl (C=O) groups is 1. The number of hydrogen-bond donors (Lipinski definition) is 1. The molecule has 214 valence electrons. The highest BCUT2D eigenvalue weighted by Gasteiger charge is 2.62. The number of ketones is 1. The average molecular weight is 543 g/mol. The van der Waals surface area contributed by atoms with Crippen molar-refractivity contribution in [2.45, 2.75) is 84.5 Å². The molecule has 4 aliphatic rings. The Morgan fingerprint density at radius 2 is 1.68 bits per heavy atom. The highest BCUT2D eigenvalue weighted by molar-refractivity contribution is 5.79. The maximum Gasteiger partial charge on any atom is 0.169 e. The lowest BCUT2D eigenvalue weighted by molar-refractivity contribution is -0.232. The topological polar surface area (TPSA) is 55.8 Å². The standard InChI is InChI=1S/C36H46O4/c1-24(37)30-14-15-31-33-27(20-25-8-6-5-7-9-25)21-28-22-36(38,40-23-26-10-12-29(39-4)13-11-26)19-18-34(28,2)32(33)16-17-35(30,31)3/h5-13,21,27,30-33,38H,14-20,22-23H2,1-4H3. The van der Waals surface area contributed by atoms with Crippen LogP contribution in [0.3, 0.4) is 0 Å². The summed E-state index contributed by atoms with van der Waals surface area (Å²) < 4.78 is 11.6. The van der Waals surface area contributed by atoms with Crippen LogP contribution in [0.5, 0.6) is 5.75 Å². The first-order chi connectivity index (χ1) is 19.1. The van der Waals surface area contributed by atoms with Gasteiger partial charge >= 0.3 is 0 Å². The van der Waals surface area contributed by atoms with E-state index in [9.17, 15) is 9.90 Å². The van der Waals surface area contributed by atoms with E-state index >= 15 is 0 Å². The Hall–Kier alpha value is -2.43. The van der Waals surface area contributed by atoms with E-state index < -0.39 is 5.79 Å². The second kappa shape index (κ2) is 10.4. The molecule has 0 saturated heterocycles. The van der Waals surface area contributed by atoms with Crippen molar-refractivity contribution >= 4 is 5.78 Å². The molecule has 40 heavy (non-hydrogen) atoms. The molecular weight excluding hydrogens is 496 g/mol. The third-order valence-electron chi connectivity index (χ3n) is 11.8. The van der Waals surface area contributed by atoms with Gasteiger partial charge in [0.15, 0.2) is 5.79 Å². The van der Waals surface area contributed by atoms with Crippen LogP contribution in [-0.2, 0) is 22.6 Å². The minimum absolute atomic E-state index is 0.0726. The van der Waals surface area contributed by atoms with Gasteiger partial charge in [-0.25, -0.2) is 0 Å². The number of benzene rings is 2. The summed E-state index contributed by atoms with van der Waals surface area (Å²) in [5.41, 5.74) is 3.99. The van der Waals surface area contributed by atoms with Crippen molar-refractivity contribution < 1.29 is 19.4 Å². The first-order valence-electron chi connectivity index (χ1n) is 15.4. The average Bonchev–Trinajstić information content (AvgIpc) is 3.31. The second-order valence-electron chi connectivity index (χ2n) is 13.8. The zero-order valence-corrected chi connectivity index (χ0v) is 24.7. The van der Waals surface area contributed by atoms with Crippen molar-refractivity contribution in [1.29, 1.82) is 0 Å². The van der Waals surface area contributed by atoms with Gasteiger partial charge in [0, 0.05) is 18.8 Å². The molecule has 8 unspecified atom stereocenters. The zero-order chi connectivity index (χ0) is 28.1. The van der Waals surface area contributed by atoms with Crippen LogP contribution < -0.4 is 4.74 Å². The number of rotatable bonds is 7. The summed E-state index contributed by atoms with van der Waals surface area (Å²) in [5.74, 6) is 2.41. The second-order valence-corrected chi connectivity index (χ2v) is 13.8. The van der Waals surface area contributed by atoms with Gasteiger partial charge in [-0.1, -0.05) is 68.0 Å². The number of fused-ring (bicyclic) bond motifs is 5. The lowest BCUT2D eigenvalue weighted by atomic mass is 9.44. The molecule has 4 nitrogen and oxygen atoms in total. The molecule has 0 bridgehead atoms. The molecule has 4 heteroatoms. The van der Waals surface area contributed by atoms with Crippen molar-refractivity contribution in [2.24, 2.45) is 40.4 Å². The van der Waals surface area contributed by atoms with E-state index in [2.05, 4.69) is 50.3 Å². The van der Waals surface area contributed by atoms with E-state index in [1.807, 2.05) is 31.2 Å². The Bertz CT molecular complexity index is 1250. The highest BCUT2D eigenvalue weighted by Crippen LogP contribution is 2.68. The minimum atomic E-state index is -1.15. The van der Waals surface area contributed by atoms with Gasteiger partial charge in [0.25, 0.3) is 0 Å². The van der Waals surface area contributed by atoms with Crippen LogP contribution in [0, 0.1) is 40.4 Å². The minimum Gasteiger partial charge on any atom is -0.497 e. The van der Waals surface area contributed by atoms with Crippen LogP contribution in [0.2, 0.25) is 0 Å². The number of aliphatic hydroxyl groups is 1. The number of allylic oxidation sites excluding steroid dienone is 1. The molecular formula is C36H46O4. The van der Waals surface area contributed by atoms with Gasteiger partial charge in [-0.2, -0.15) is 0 Å². The van der Waals surface area contributed by atoms with Crippen LogP contribution in [-0.4, -0.2) is 23.8 Å². The third kappa shape index (κ3) is 4.75. The molecule has 2 aromatic carbocycles. The number of methoxy groups -OCH3 is 1. The van der Waals surface area contributed by atoms with E-state index in [-0.39, 0.29) is 16.7 Å². The van der Waals surface area contributed by atoms with Crippen molar-refractivity contribution in [3.8, 4) is 5.75 Å². The quantitative estimate of drug-likeness (QED) is 0.290. The molecule has 3 saturated carbocycles. The van der Waals surface area contributed by atoms with E-state index in [1.165, 1.54) is 24.0 Å². The van der Waals surface area contributed by atoms with Crippen molar-refractivity contribution in [3.63, 3.8) is 0 Å². The number of hydrogen-bond acceptors (Lipinski definition) is 4. The van der Waals surface area contributed by atoms with E-state index in [0.717, 1.165) is 37.0 Å². The van der Waals surface area contributed by atoms with Gasteiger partial charge in [0.1, 0.15) is 11.5 Å². The Morgan fingerprint density at radius 1 is 0.925 bits per heavy atom. The third-order valence-corrected chi connectivity index (χ3v) is 11.8. The predicted octanol–water partition coefficient (Wildman–Crippen LogP) is 7.54. The molecule has 0 spiro atoms. The fourth-order valence-electron chi connectivity index (χ4n) is 9.59. The van der Waals surface area contributed by atoms with E-state index in [1.54, 1.807) is 7.11 Å². The SMILES string of the molecule is COc1ccc(COC2(O)CCC3(C)C(=CC(Cc4ccccc4)C4C3CCC3(C)C(C(C)=O)CCC43)C2)cc1. The number of Topliss-reactive ketones (excluding diaryl/α,β-unsaturated/α-hetero) is 1. The number of carbonyl (C=O) groups excluding carboxylic acids is 1. The molecule has 0 aromatic heterocycles. The van der Waals surface area contributed by atoms with Crippen LogP contribution in [0.25, 0.3) is 0 Å². The molecule has 1 N–H and O–H groups in total. The summed E-state index contributed by atoms with van der Waals surface area (Å²) in [7, 11) is 1.67. The molecule has 0 heterocycles. The molecule has 0 aliphatic heterocycles. The maximum atomic E-state index is 12.7. The van der Waals surface area contributed by atoms with Crippen LogP contribution in [0.4, 0.5) is 0 Å². The van der Waals surface area contributed by atoms with E-state index in [4.69, 9.17) is 9.47 Å². The van der Waals surface area contributed by atoms with E-state index in [0.29, 0.717) is 48.9 Å². The Balaban J connectivity index is 1.30. The summed E-state index contributed by atoms with van der Waals surface area (Å²) in [6, 6.07) is 18.8. The van der Waals surface area contributed by atoms with Gasteiger partial charge in [-0.15, -0.1) is 0 Å². The fourth-order valence-corrected chi connectivity index (χ4v) is 9.59. The van der Waals surface area contributed by atoms with Crippen molar-refractivity contribution in [3.05, 3.63) is 77.4 Å². The van der Waals surface area contributed by atoms with Gasteiger partial charge in [-0.05, 0) is 103 Å². The summed E-state index contributed by atoms with van der Waals surface area (Å²) in [5, 5.41) is 11.7. The first-order valence-corrected chi connectivity index (χ1v) is 15.4. The van der Waals surface area contributed by atoms with Gasteiger partial charge in [0.05, 0.1) is 13.7 Å². The Kier molecular flexibility index (Phi) is 7.24. The van der Waals surface area contributed by atoms with Crippen LogP contribution in [0.1, 0.15) is 76.8 Å². The predicted molar refractivity (Wildman–Crippen MR) is 158 cm³/mol. The van der Waals surface area contributed by atoms with Gasteiger partial charge < -0.3 is 14.6 Å². The lowest BCUT2D eigenvalue weighted by Crippen LogP contribution is -2.55. The summed E-state index contributed by atoms with van der Waals surface area (Å²) in [4.78, 5) is 12.7. The fraction of sp³-hybridized carbons (Fsp3) is 0.583. The van der Waals surface area contributed by atoms with Crippen molar-refractivity contribution in [1.82, 2.24) is 0 Å². The molecule has 8 atom stereocenters. The molecule has 0 radical (unpaired) electrons. The molecule has 3 fully saturated rings. The monoisotopic (exact) mass is 542 g/mol. The zero-order valence-electron chi connectivity index (χ0n) is 24.7. The van der Waals surface area contributed by atoms with Crippen molar-refractivity contribution in [2.75, 3.05) is 7.11 Å². The summed E-state index contributed by atoms with van der Waals surface area (Å²) in [6.07, 6.45) is 10.3. The van der Waals surface area contributed by atoms with Gasteiger partial charge in [-0.3, -0.25) is 4.79 Å². The van der Waals surface area contributed by atoms with Crippen LogP contribution >= 0.6 is 0 Å². The molecule has 6 rings (SSSR count). The highest BCUT2D eigenvalue weighted by atomic mass is 16.6. The normalized spacial score (nSPS) is 38.5. The van der Waals surface area contributed by atoms with Gasteiger partial charge in [0.2, 0.25) is 0 Å². The lowest BCUT2D eigenvalue weighted by Gasteiger charge is -2.60. The summed E-state index contributed by atoms with van der Waals surface area (Å²) >= 11 is 0. The summed E-state index contributed by atoms with van der Waals surface area (Å²) in [6.45, 7) is 7.11. The molecule has 0 amide bonds. The number of ether oxygens (including phenoxy) is 2. The molecule has 2 aromatic rings. The van der Waals surface area contributed by atoms with Crippen LogP contribution in [0.15, 0.2) is 66.2 Å². The maximum absolute atomic E-state index is 12.7. The Labute approximate surface area is 240 Å². The Morgan fingerprint density at radius 3 is 2.38 bits per heavy atom. The smallest absolute Gasteiger partial charge is 0.169 e.